The van der Waals surface area contributed by atoms with E-state index in [4.69, 9.17) is 4.74 Å². The second-order valence-electron chi connectivity index (χ2n) is 9.67. The van der Waals surface area contributed by atoms with Crippen molar-refractivity contribution in [1.29, 1.82) is 0 Å². The first-order valence-electron chi connectivity index (χ1n) is 12.2. The predicted octanol–water partition coefficient (Wildman–Crippen LogP) is 4.22. The summed E-state index contributed by atoms with van der Waals surface area (Å²) < 4.78 is 6.65. The fraction of sp³-hybridized carbons (Fsp3) is 0.444. The van der Waals surface area contributed by atoms with Crippen LogP contribution in [0.2, 0.25) is 0 Å². The SMILES string of the molecule is O=C(N[C@H]1CN2CCC1CC2)c1cc2ccc(-c3cccc(CN4CCOCC4)c3)cc2s1. The summed E-state index contributed by atoms with van der Waals surface area (Å²) in [5.74, 6) is 0.730. The molecule has 33 heavy (non-hydrogen) atoms. The molecule has 2 aromatic carbocycles. The number of carbonyl (C=O) groups is 1. The van der Waals surface area contributed by atoms with Gasteiger partial charge in [-0.2, -0.15) is 0 Å². The van der Waals surface area contributed by atoms with Crippen molar-refractivity contribution in [2.24, 2.45) is 5.92 Å². The number of fused-ring (bicyclic) bond motifs is 4. The molecule has 0 saturated carbocycles. The lowest BCUT2D eigenvalue weighted by molar-refractivity contribution is 0.0342. The van der Waals surface area contributed by atoms with Crippen LogP contribution in [0.4, 0.5) is 0 Å². The standard InChI is InChI=1S/C27H31N3O2S/c31-27(28-24-18-29-8-6-20(24)7-9-29)26-16-23-5-4-22(15-25(23)33-26)21-3-1-2-19(14-21)17-30-10-12-32-13-11-30/h1-5,14-16,20,24H,6-13,17-18H2,(H,28,31)/t24-/m0/s1. The minimum atomic E-state index is 0.0870. The lowest BCUT2D eigenvalue weighted by atomic mass is 9.84. The van der Waals surface area contributed by atoms with Gasteiger partial charge in [-0.25, -0.2) is 0 Å². The first-order chi connectivity index (χ1) is 16.2. The van der Waals surface area contributed by atoms with Crippen molar-refractivity contribution in [3.8, 4) is 11.1 Å². The molecule has 1 amide bonds. The van der Waals surface area contributed by atoms with E-state index in [2.05, 4.69) is 63.6 Å². The molecule has 6 heteroatoms. The van der Waals surface area contributed by atoms with Crippen molar-refractivity contribution >= 4 is 27.3 Å². The molecule has 4 aliphatic heterocycles. The van der Waals surface area contributed by atoms with Crippen molar-refractivity contribution < 1.29 is 9.53 Å². The van der Waals surface area contributed by atoms with E-state index in [0.717, 1.165) is 49.7 Å². The fourth-order valence-corrected chi connectivity index (χ4v) is 6.56. The first-order valence-corrected chi connectivity index (χ1v) is 13.0. The number of nitrogens with one attached hydrogen (secondary N) is 1. The van der Waals surface area contributed by atoms with Crippen LogP contribution in [0.25, 0.3) is 21.2 Å². The molecule has 5 nitrogen and oxygen atoms in total. The van der Waals surface area contributed by atoms with Crippen LogP contribution in [0.5, 0.6) is 0 Å². The zero-order valence-corrected chi connectivity index (χ0v) is 19.8. The number of amides is 1. The Labute approximate surface area is 199 Å². The molecule has 2 bridgehead atoms. The molecule has 4 fully saturated rings. The summed E-state index contributed by atoms with van der Waals surface area (Å²) >= 11 is 1.61. The largest absolute Gasteiger partial charge is 0.379 e. The zero-order valence-electron chi connectivity index (χ0n) is 19.0. The molecule has 1 atom stereocenters. The van der Waals surface area contributed by atoms with Crippen molar-refractivity contribution in [3.63, 3.8) is 0 Å². The third-order valence-corrected chi connectivity index (χ3v) is 8.58. The van der Waals surface area contributed by atoms with E-state index in [9.17, 15) is 4.79 Å². The number of morpholine rings is 1. The molecule has 7 rings (SSSR count). The molecule has 0 aliphatic carbocycles. The summed E-state index contributed by atoms with van der Waals surface area (Å²) in [6.45, 7) is 7.99. The van der Waals surface area contributed by atoms with E-state index < -0.39 is 0 Å². The van der Waals surface area contributed by atoms with Crippen molar-refractivity contribution in [2.75, 3.05) is 45.9 Å². The number of carbonyl (C=O) groups excluding carboxylic acids is 1. The summed E-state index contributed by atoms with van der Waals surface area (Å²) in [4.78, 5) is 18.8. The van der Waals surface area contributed by atoms with Gasteiger partial charge in [0.25, 0.3) is 5.91 Å². The number of hydrogen-bond acceptors (Lipinski definition) is 5. The molecule has 172 valence electrons. The van der Waals surface area contributed by atoms with Gasteiger partial charge in [0.1, 0.15) is 0 Å². The average molecular weight is 462 g/mol. The highest BCUT2D eigenvalue weighted by Gasteiger charge is 2.35. The van der Waals surface area contributed by atoms with E-state index in [1.807, 2.05) is 0 Å². The Morgan fingerprint density at radius 3 is 2.61 bits per heavy atom. The minimum Gasteiger partial charge on any atom is -0.379 e. The number of ether oxygens (including phenoxy) is 1. The second-order valence-corrected chi connectivity index (χ2v) is 10.8. The quantitative estimate of drug-likeness (QED) is 0.618. The van der Waals surface area contributed by atoms with E-state index in [0.29, 0.717) is 12.0 Å². The maximum atomic E-state index is 13.0. The maximum Gasteiger partial charge on any atom is 0.261 e. The summed E-state index contributed by atoms with van der Waals surface area (Å²) in [5, 5.41) is 4.48. The normalized spacial score (nSPS) is 25.4. The molecule has 3 aromatic rings. The van der Waals surface area contributed by atoms with Crippen LogP contribution in [-0.4, -0.2) is 67.7 Å². The van der Waals surface area contributed by atoms with Crippen molar-refractivity contribution in [2.45, 2.75) is 25.4 Å². The van der Waals surface area contributed by atoms with Crippen LogP contribution in [0.1, 0.15) is 28.1 Å². The average Bonchev–Trinajstić information content (AvgIpc) is 3.29. The van der Waals surface area contributed by atoms with Crippen LogP contribution < -0.4 is 5.32 Å². The summed E-state index contributed by atoms with van der Waals surface area (Å²) in [5.41, 5.74) is 3.77. The Hall–Kier alpha value is -2.25. The van der Waals surface area contributed by atoms with Gasteiger partial charge in [0.2, 0.25) is 0 Å². The fourth-order valence-electron chi connectivity index (χ4n) is 5.56. The van der Waals surface area contributed by atoms with Gasteiger partial charge in [-0.3, -0.25) is 9.69 Å². The highest BCUT2D eigenvalue weighted by molar-refractivity contribution is 7.20. The van der Waals surface area contributed by atoms with E-state index >= 15 is 0 Å². The molecule has 1 aromatic heterocycles. The van der Waals surface area contributed by atoms with Gasteiger partial charge >= 0.3 is 0 Å². The van der Waals surface area contributed by atoms with Crippen LogP contribution in [0.3, 0.4) is 0 Å². The predicted molar refractivity (Wildman–Crippen MR) is 134 cm³/mol. The summed E-state index contributed by atoms with van der Waals surface area (Å²) in [6.07, 6.45) is 2.43. The van der Waals surface area contributed by atoms with Crippen LogP contribution in [0, 0.1) is 5.92 Å². The Bertz CT molecular complexity index is 1150. The number of benzene rings is 2. The molecular weight excluding hydrogens is 430 g/mol. The van der Waals surface area contributed by atoms with Gasteiger partial charge in [0, 0.05) is 36.9 Å². The number of thiophene rings is 1. The molecule has 5 heterocycles. The van der Waals surface area contributed by atoms with Crippen LogP contribution in [0.15, 0.2) is 48.5 Å². The molecule has 4 saturated heterocycles. The third kappa shape index (κ3) is 4.58. The van der Waals surface area contributed by atoms with E-state index in [-0.39, 0.29) is 5.91 Å². The maximum absolute atomic E-state index is 13.0. The first kappa shape index (κ1) is 21.3. The van der Waals surface area contributed by atoms with Gasteiger partial charge in [0.15, 0.2) is 0 Å². The highest BCUT2D eigenvalue weighted by atomic mass is 32.1. The summed E-state index contributed by atoms with van der Waals surface area (Å²) in [6, 6.07) is 17.8. The molecular formula is C27H31N3O2S. The van der Waals surface area contributed by atoms with Crippen LogP contribution in [-0.2, 0) is 11.3 Å². The van der Waals surface area contributed by atoms with Gasteiger partial charge in [-0.1, -0.05) is 30.3 Å². The zero-order chi connectivity index (χ0) is 22.2. The smallest absolute Gasteiger partial charge is 0.261 e. The highest BCUT2D eigenvalue weighted by Crippen LogP contribution is 2.32. The molecule has 1 N–H and O–H groups in total. The van der Waals surface area contributed by atoms with Gasteiger partial charge in [-0.15, -0.1) is 11.3 Å². The molecule has 0 radical (unpaired) electrons. The monoisotopic (exact) mass is 461 g/mol. The van der Waals surface area contributed by atoms with Crippen molar-refractivity contribution in [1.82, 2.24) is 15.1 Å². The van der Waals surface area contributed by atoms with Crippen LogP contribution >= 0.6 is 11.3 Å². The Balaban J connectivity index is 1.18. The molecule has 4 aliphatic rings. The summed E-state index contributed by atoms with van der Waals surface area (Å²) in [7, 11) is 0. The topological polar surface area (TPSA) is 44.8 Å². The van der Waals surface area contributed by atoms with E-state index in [1.165, 1.54) is 47.3 Å². The second kappa shape index (κ2) is 9.18. The molecule has 0 unspecified atom stereocenters. The number of hydrogen-bond donors (Lipinski definition) is 1. The number of piperidine rings is 3. The van der Waals surface area contributed by atoms with Gasteiger partial charge < -0.3 is 15.0 Å². The Morgan fingerprint density at radius 2 is 1.82 bits per heavy atom. The number of rotatable bonds is 5. The minimum absolute atomic E-state index is 0.0870. The van der Waals surface area contributed by atoms with Gasteiger partial charge in [-0.05, 0) is 72.1 Å². The van der Waals surface area contributed by atoms with Gasteiger partial charge in [0.05, 0.1) is 18.1 Å². The Morgan fingerprint density at radius 1 is 1.00 bits per heavy atom. The molecule has 0 spiro atoms. The lowest BCUT2D eigenvalue weighted by Crippen LogP contribution is -2.57. The van der Waals surface area contributed by atoms with E-state index in [1.54, 1.807) is 11.3 Å². The van der Waals surface area contributed by atoms with Crippen molar-refractivity contribution in [3.05, 3.63) is 59.0 Å². The third-order valence-electron chi connectivity index (χ3n) is 7.49. The number of nitrogens with zero attached hydrogens (tertiary/aromatic N) is 2. The Kier molecular flexibility index (Phi) is 5.93. The lowest BCUT2D eigenvalue weighted by Gasteiger charge is -2.44.